The summed E-state index contributed by atoms with van der Waals surface area (Å²) in [6.07, 6.45) is 2.63. The monoisotopic (exact) mass is 361 g/mol. The number of benzene rings is 1. The van der Waals surface area contributed by atoms with Gasteiger partial charge in [0, 0.05) is 38.4 Å². The summed E-state index contributed by atoms with van der Waals surface area (Å²) in [6, 6.07) is 8.17. The third-order valence-corrected chi connectivity index (χ3v) is 4.65. The first-order chi connectivity index (χ1) is 12.5. The summed E-state index contributed by atoms with van der Waals surface area (Å²) < 4.78 is 4.94. The molecule has 0 aromatic heterocycles. The Balaban J connectivity index is 1.83. The molecule has 142 valence electrons. The Kier molecular flexibility index (Phi) is 7.44. The molecular formula is C19H27N3O4. The van der Waals surface area contributed by atoms with E-state index in [1.807, 2.05) is 30.1 Å². The highest BCUT2D eigenvalue weighted by atomic mass is 16.6. The fourth-order valence-corrected chi connectivity index (χ4v) is 3.19. The van der Waals surface area contributed by atoms with Crippen molar-refractivity contribution >= 4 is 24.0 Å². The summed E-state index contributed by atoms with van der Waals surface area (Å²) in [7, 11) is 1.89. The number of ether oxygens (including phenoxy) is 1. The number of amides is 2. The molecule has 0 saturated carbocycles. The van der Waals surface area contributed by atoms with Crippen LogP contribution in [0, 0.1) is 0 Å². The van der Waals surface area contributed by atoms with Crippen molar-refractivity contribution in [2.75, 3.05) is 38.6 Å². The van der Waals surface area contributed by atoms with E-state index >= 15 is 0 Å². The minimum Gasteiger partial charge on any atom is -0.441 e. The molecule has 0 bridgehead atoms. The van der Waals surface area contributed by atoms with Crippen LogP contribution in [-0.4, -0.2) is 67.4 Å². The lowest BCUT2D eigenvalue weighted by Crippen LogP contribution is -2.47. The first-order valence-electron chi connectivity index (χ1n) is 8.93. The van der Waals surface area contributed by atoms with Gasteiger partial charge in [-0.3, -0.25) is 9.59 Å². The van der Waals surface area contributed by atoms with E-state index < -0.39 is 6.09 Å². The van der Waals surface area contributed by atoms with Crippen LogP contribution in [0.3, 0.4) is 0 Å². The number of rotatable bonds is 8. The highest BCUT2D eigenvalue weighted by Crippen LogP contribution is 2.19. The first kappa shape index (κ1) is 19.8. The number of carbonyl (C=O) groups excluding carboxylic acids is 3. The molecule has 0 radical (unpaired) electrons. The lowest BCUT2D eigenvalue weighted by Gasteiger charge is -2.36. The zero-order valence-electron chi connectivity index (χ0n) is 15.4. The molecule has 1 aliphatic heterocycles. The van der Waals surface area contributed by atoms with Gasteiger partial charge in [0.2, 0.25) is 6.41 Å². The summed E-state index contributed by atoms with van der Waals surface area (Å²) in [5, 5.41) is 3.17. The van der Waals surface area contributed by atoms with Gasteiger partial charge in [0.15, 0.2) is 12.4 Å². The maximum atomic E-state index is 11.9. The SMILES string of the molecule is CNc1ccccc1CCN(C=O)C1CCN(C(=O)OCC(C)=O)CC1. The fourth-order valence-electron chi connectivity index (χ4n) is 3.19. The molecule has 0 unspecified atom stereocenters. The third kappa shape index (κ3) is 5.47. The summed E-state index contributed by atoms with van der Waals surface area (Å²) >= 11 is 0. The van der Waals surface area contributed by atoms with E-state index in [0.717, 1.165) is 18.5 Å². The molecule has 1 fully saturated rings. The van der Waals surface area contributed by atoms with Crippen molar-refractivity contribution < 1.29 is 19.1 Å². The molecule has 0 atom stereocenters. The average molecular weight is 361 g/mol. The molecule has 0 spiro atoms. The molecule has 26 heavy (non-hydrogen) atoms. The van der Waals surface area contributed by atoms with Gasteiger partial charge in [0.05, 0.1) is 0 Å². The zero-order valence-corrected chi connectivity index (χ0v) is 15.4. The lowest BCUT2D eigenvalue weighted by molar-refractivity contribution is -0.122. The molecule has 1 N–H and O–H groups in total. The molecule has 1 heterocycles. The summed E-state index contributed by atoms with van der Waals surface area (Å²) in [6.45, 7) is 2.89. The third-order valence-electron chi connectivity index (χ3n) is 4.65. The number of nitrogens with one attached hydrogen (secondary N) is 1. The van der Waals surface area contributed by atoms with E-state index in [9.17, 15) is 14.4 Å². The van der Waals surface area contributed by atoms with E-state index in [0.29, 0.717) is 32.5 Å². The van der Waals surface area contributed by atoms with Crippen LogP contribution in [-0.2, 0) is 20.7 Å². The Morgan fingerprint density at radius 2 is 2.00 bits per heavy atom. The van der Waals surface area contributed by atoms with E-state index in [1.165, 1.54) is 12.5 Å². The lowest BCUT2D eigenvalue weighted by atomic mass is 10.0. The fraction of sp³-hybridized carbons (Fsp3) is 0.526. The minimum absolute atomic E-state index is 0.117. The predicted octanol–water partition coefficient (Wildman–Crippen LogP) is 1.92. The van der Waals surface area contributed by atoms with Crippen LogP contribution in [0.5, 0.6) is 0 Å². The van der Waals surface area contributed by atoms with Gasteiger partial charge in [-0.25, -0.2) is 4.79 Å². The number of carbonyl (C=O) groups is 3. The van der Waals surface area contributed by atoms with Gasteiger partial charge >= 0.3 is 6.09 Å². The largest absolute Gasteiger partial charge is 0.441 e. The Labute approximate surface area is 154 Å². The number of Topliss-reactive ketones (excluding diaryl/α,β-unsaturated/α-hetero) is 1. The zero-order chi connectivity index (χ0) is 18.9. The highest BCUT2D eigenvalue weighted by Gasteiger charge is 2.27. The van der Waals surface area contributed by atoms with Crippen molar-refractivity contribution in [2.24, 2.45) is 0 Å². The second-order valence-corrected chi connectivity index (χ2v) is 6.48. The van der Waals surface area contributed by atoms with Crippen molar-refractivity contribution in [3.63, 3.8) is 0 Å². The standard InChI is InChI=1S/C19H27N3O4/c1-15(24)13-26-19(25)21-11-8-17(9-12-21)22(14-23)10-7-16-5-3-4-6-18(16)20-2/h3-6,14,17,20H,7-13H2,1-2H3. The van der Waals surface area contributed by atoms with E-state index in [1.54, 1.807) is 4.90 Å². The van der Waals surface area contributed by atoms with Gasteiger partial charge in [-0.1, -0.05) is 18.2 Å². The molecule has 1 aliphatic rings. The smallest absolute Gasteiger partial charge is 0.410 e. The molecule has 2 rings (SSSR count). The van der Waals surface area contributed by atoms with Gasteiger partial charge in [-0.15, -0.1) is 0 Å². The van der Waals surface area contributed by atoms with Crippen molar-refractivity contribution in [3.8, 4) is 0 Å². The topological polar surface area (TPSA) is 79.0 Å². The summed E-state index contributed by atoms with van der Waals surface area (Å²) in [4.78, 5) is 37.8. The first-order valence-corrected chi connectivity index (χ1v) is 8.93. The van der Waals surface area contributed by atoms with Crippen LogP contribution in [0.1, 0.15) is 25.3 Å². The van der Waals surface area contributed by atoms with Gasteiger partial charge < -0.3 is 19.9 Å². The normalized spacial score (nSPS) is 14.6. The van der Waals surface area contributed by atoms with Gasteiger partial charge in [-0.2, -0.15) is 0 Å². The molecule has 1 aromatic rings. The summed E-state index contributed by atoms with van der Waals surface area (Å²) in [5.41, 5.74) is 2.24. The molecular weight excluding hydrogens is 334 g/mol. The van der Waals surface area contributed by atoms with Crippen molar-refractivity contribution in [1.29, 1.82) is 0 Å². The summed E-state index contributed by atoms with van der Waals surface area (Å²) in [5.74, 6) is -0.179. The number of ketones is 1. The number of para-hydroxylation sites is 1. The Bertz CT molecular complexity index is 627. The van der Waals surface area contributed by atoms with Crippen LogP contribution in [0.15, 0.2) is 24.3 Å². The minimum atomic E-state index is -0.459. The van der Waals surface area contributed by atoms with Gasteiger partial charge in [0.1, 0.15) is 0 Å². The molecule has 1 saturated heterocycles. The molecule has 7 heteroatoms. The second kappa shape index (κ2) is 9.79. The number of hydrogen-bond acceptors (Lipinski definition) is 5. The number of piperidine rings is 1. The predicted molar refractivity (Wildman–Crippen MR) is 99.1 cm³/mol. The maximum absolute atomic E-state index is 11.9. The highest BCUT2D eigenvalue weighted by molar-refractivity contribution is 5.79. The molecule has 2 amide bonds. The molecule has 7 nitrogen and oxygen atoms in total. The molecule has 0 aliphatic carbocycles. The van der Waals surface area contributed by atoms with Gasteiger partial charge in [-0.05, 0) is 37.8 Å². The Morgan fingerprint density at radius 1 is 1.31 bits per heavy atom. The van der Waals surface area contributed by atoms with Crippen LogP contribution in [0.4, 0.5) is 10.5 Å². The number of nitrogens with zero attached hydrogens (tertiary/aromatic N) is 2. The van der Waals surface area contributed by atoms with E-state index in [4.69, 9.17) is 4.74 Å². The van der Waals surface area contributed by atoms with Crippen molar-refractivity contribution in [3.05, 3.63) is 29.8 Å². The van der Waals surface area contributed by atoms with Crippen LogP contribution in [0.25, 0.3) is 0 Å². The van der Waals surface area contributed by atoms with E-state index in [-0.39, 0.29) is 18.4 Å². The van der Waals surface area contributed by atoms with E-state index in [2.05, 4.69) is 11.4 Å². The van der Waals surface area contributed by atoms with Crippen LogP contribution < -0.4 is 5.32 Å². The van der Waals surface area contributed by atoms with Crippen LogP contribution >= 0.6 is 0 Å². The number of likely N-dealkylation sites (tertiary alicyclic amines) is 1. The molecule has 1 aromatic carbocycles. The van der Waals surface area contributed by atoms with Crippen LogP contribution in [0.2, 0.25) is 0 Å². The average Bonchev–Trinajstić information content (AvgIpc) is 2.67. The van der Waals surface area contributed by atoms with Crippen molar-refractivity contribution in [1.82, 2.24) is 9.80 Å². The second-order valence-electron chi connectivity index (χ2n) is 6.48. The quantitative estimate of drug-likeness (QED) is 0.716. The van der Waals surface area contributed by atoms with Gasteiger partial charge in [0.25, 0.3) is 0 Å². The maximum Gasteiger partial charge on any atom is 0.410 e. The number of anilines is 1. The number of hydrogen-bond donors (Lipinski definition) is 1. The van der Waals surface area contributed by atoms with Crippen molar-refractivity contribution in [2.45, 2.75) is 32.2 Å². The Morgan fingerprint density at radius 3 is 2.62 bits per heavy atom. The Hall–Kier alpha value is -2.57.